The Morgan fingerprint density at radius 2 is 1.58 bits per heavy atom. The highest BCUT2D eigenvalue weighted by molar-refractivity contribution is 9.10. The molecule has 0 fully saturated rings. The van der Waals surface area contributed by atoms with Gasteiger partial charge < -0.3 is 5.32 Å². The van der Waals surface area contributed by atoms with E-state index in [4.69, 9.17) is 0 Å². The molecule has 0 aliphatic rings. The van der Waals surface area contributed by atoms with Gasteiger partial charge in [0.25, 0.3) is 0 Å². The molecule has 0 aliphatic carbocycles. The average molecular weight is 383 g/mol. The summed E-state index contributed by atoms with van der Waals surface area (Å²) in [6.45, 7) is 4.28. The summed E-state index contributed by atoms with van der Waals surface area (Å²) < 4.78 is 2.30. The van der Waals surface area contributed by atoms with Crippen molar-refractivity contribution in [2.75, 3.05) is 7.05 Å². The first kappa shape index (κ1) is 14.8. The fourth-order valence-corrected chi connectivity index (χ4v) is 3.27. The second kappa shape index (κ2) is 6.21. The van der Waals surface area contributed by atoms with Crippen LogP contribution in [0.25, 0.3) is 0 Å². The molecule has 0 radical (unpaired) electrons. The standard InChI is InChI=1S/C16H17Br2N/c1-10-9-15(18)11(2)8-13(10)16(19-3)12-6-4-5-7-14(12)17/h4-9,16,19H,1-3H3. The van der Waals surface area contributed by atoms with Gasteiger partial charge in [0.1, 0.15) is 0 Å². The van der Waals surface area contributed by atoms with E-state index in [-0.39, 0.29) is 6.04 Å². The first-order valence-electron chi connectivity index (χ1n) is 6.23. The molecule has 1 atom stereocenters. The number of hydrogen-bond donors (Lipinski definition) is 1. The minimum Gasteiger partial charge on any atom is -0.309 e. The molecular formula is C16H17Br2N. The van der Waals surface area contributed by atoms with Crippen molar-refractivity contribution in [3.63, 3.8) is 0 Å². The molecule has 0 amide bonds. The van der Waals surface area contributed by atoms with Crippen molar-refractivity contribution in [1.29, 1.82) is 0 Å². The van der Waals surface area contributed by atoms with Gasteiger partial charge in [0.2, 0.25) is 0 Å². The summed E-state index contributed by atoms with van der Waals surface area (Å²) in [4.78, 5) is 0. The van der Waals surface area contributed by atoms with Crippen LogP contribution in [-0.2, 0) is 0 Å². The lowest BCUT2D eigenvalue weighted by atomic mass is 9.94. The summed E-state index contributed by atoms with van der Waals surface area (Å²) in [5.74, 6) is 0. The zero-order valence-electron chi connectivity index (χ0n) is 11.3. The van der Waals surface area contributed by atoms with Gasteiger partial charge in [-0.15, -0.1) is 0 Å². The maximum absolute atomic E-state index is 3.64. The molecule has 19 heavy (non-hydrogen) atoms. The molecule has 3 heteroatoms. The van der Waals surface area contributed by atoms with Crippen LogP contribution in [0.5, 0.6) is 0 Å². The van der Waals surface area contributed by atoms with E-state index >= 15 is 0 Å². The molecule has 0 saturated heterocycles. The van der Waals surface area contributed by atoms with Crippen LogP contribution < -0.4 is 5.32 Å². The van der Waals surface area contributed by atoms with E-state index < -0.39 is 0 Å². The lowest BCUT2D eigenvalue weighted by molar-refractivity contribution is 0.684. The van der Waals surface area contributed by atoms with Crippen LogP contribution in [-0.4, -0.2) is 7.05 Å². The van der Waals surface area contributed by atoms with Gasteiger partial charge in [0.05, 0.1) is 6.04 Å². The third kappa shape index (κ3) is 3.10. The maximum atomic E-state index is 3.64. The van der Waals surface area contributed by atoms with Gasteiger partial charge >= 0.3 is 0 Å². The van der Waals surface area contributed by atoms with Crippen molar-refractivity contribution in [2.24, 2.45) is 0 Å². The third-order valence-corrected chi connectivity index (χ3v) is 4.94. The van der Waals surface area contributed by atoms with Gasteiger partial charge in [-0.2, -0.15) is 0 Å². The van der Waals surface area contributed by atoms with Crippen LogP contribution >= 0.6 is 31.9 Å². The first-order valence-corrected chi connectivity index (χ1v) is 7.81. The topological polar surface area (TPSA) is 12.0 Å². The molecule has 1 unspecified atom stereocenters. The van der Waals surface area contributed by atoms with Crippen LogP contribution in [0.2, 0.25) is 0 Å². The van der Waals surface area contributed by atoms with E-state index in [9.17, 15) is 0 Å². The predicted octanol–water partition coefficient (Wildman–Crippen LogP) is 5.14. The van der Waals surface area contributed by atoms with Gasteiger partial charge in [0, 0.05) is 8.95 Å². The van der Waals surface area contributed by atoms with Crippen LogP contribution in [0, 0.1) is 13.8 Å². The van der Waals surface area contributed by atoms with Crippen molar-refractivity contribution in [3.05, 3.63) is 67.6 Å². The zero-order valence-corrected chi connectivity index (χ0v) is 14.5. The predicted molar refractivity (Wildman–Crippen MR) is 88.7 cm³/mol. The van der Waals surface area contributed by atoms with Crippen LogP contribution in [0.15, 0.2) is 45.3 Å². The number of nitrogens with one attached hydrogen (secondary N) is 1. The summed E-state index contributed by atoms with van der Waals surface area (Å²) in [6, 6.07) is 13.0. The molecule has 0 bridgehead atoms. The van der Waals surface area contributed by atoms with E-state index in [1.165, 1.54) is 22.3 Å². The average Bonchev–Trinajstić information content (AvgIpc) is 2.38. The van der Waals surface area contributed by atoms with Gasteiger partial charge in [-0.25, -0.2) is 0 Å². The smallest absolute Gasteiger partial charge is 0.0588 e. The quantitative estimate of drug-likeness (QED) is 0.775. The Morgan fingerprint density at radius 3 is 2.21 bits per heavy atom. The van der Waals surface area contributed by atoms with Crippen LogP contribution in [0.3, 0.4) is 0 Å². The molecular weight excluding hydrogens is 366 g/mol. The summed E-state index contributed by atoms with van der Waals surface area (Å²) in [5.41, 5.74) is 5.12. The molecule has 0 aromatic heterocycles. The number of hydrogen-bond acceptors (Lipinski definition) is 1. The highest BCUT2D eigenvalue weighted by Gasteiger charge is 2.17. The molecule has 0 aliphatic heterocycles. The van der Waals surface area contributed by atoms with Crippen molar-refractivity contribution in [2.45, 2.75) is 19.9 Å². The second-order valence-electron chi connectivity index (χ2n) is 4.70. The number of rotatable bonds is 3. The minimum absolute atomic E-state index is 0.197. The Hall–Kier alpha value is -0.640. The van der Waals surface area contributed by atoms with Gasteiger partial charge in [-0.3, -0.25) is 0 Å². The van der Waals surface area contributed by atoms with Gasteiger partial charge in [-0.05, 0) is 55.3 Å². The minimum atomic E-state index is 0.197. The SMILES string of the molecule is CNC(c1cc(C)c(Br)cc1C)c1ccccc1Br. The summed E-state index contributed by atoms with van der Waals surface area (Å²) in [5, 5.41) is 3.42. The van der Waals surface area contributed by atoms with E-state index in [1.807, 2.05) is 13.1 Å². The molecule has 2 aromatic rings. The number of aryl methyl sites for hydroxylation is 2. The first-order chi connectivity index (χ1) is 9.04. The molecule has 0 heterocycles. The van der Waals surface area contributed by atoms with Crippen LogP contribution in [0.1, 0.15) is 28.3 Å². The number of halogens is 2. The molecule has 100 valence electrons. The molecule has 2 aromatic carbocycles. The van der Waals surface area contributed by atoms with E-state index in [1.54, 1.807) is 0 Å². The molecule has 1 nitrogen and oxygen atoms in total. The van der Waals surface area contributed by atoms with Crippen molar-refractivity contribution < 1.29 is 0 Å². The van der Waals surface area contributed by atoms with Crippen molar-refractivity contribution in [3.8, 4) is 0 Å². The fraction of sp³-hybridized carbons (Fsp3) is 0.250. The van der Waals surface area contributed by atoms with Crippen molar-refractivity contribution >= 4 is 31.9 Å². The van der Waals surface area contributed by atoms with Gasteiger partial charge in [-0.1, -0.05) is 56.1 Å². The summed E-state index contributed by atoms with van der Waals surface area (Å²) >= 11 is 7.24. The Morgan fingerprint density at radius 1 is 0.895 bits per heavy atom. The Kier molecular flexibility index (Phi) is 4.82. The molecule has 0 spiro atoms. The highest BCUT2D eigenvalue weighted by atomic mass is 79.9. The highest BCUT2D eigenvalue weighted by Crippen LogP contribution is 2.32. The zero-order chi connectivity index (χ0) is 14.0. The maximum Gasteiger partial charge on any atom is 0.0588 e. The van der Waals surface area contributed by atoms with Crippen LogP contribution in [0.4, 0.5) is 0 Å². The fourth-order valence-electron chi connectivity index (χ4n) is 2.30. The van der Waals surface area contributed by atoms with E-state index in [2.05, 4.69) is 81.4 Å². The lowest BCUT2D eigenvalue weighted by Crippen LogP contribution is -2.19. The molecule has 2 rings (SSSR count). The molecule has 1 N–H and O–H groups in total. The molecule has 0 saturated carbocycles. The summed E-state index contributed by atoms with van der Waals surface area (Å²) in [7, 11) is 2.00. The largest absolute Gasteiger partial charge is 0.309 e. The van der Waals surface area contributed by atoms with Gasteiger partial charge in [0.15, 0.2) is 0 Å². The Bertz CT molecular complexity index is 593. The summed E-state index contributed by atoms with van der Waals surface area (Å²) in [6.07, 6.45) is 0. The van der Waals surface area contributed by atoms with E-state index in [0.717, 1.165) is 8.95 Å². The third-order valence-electron chi connectivity index (χ3n) is 3.36. The van der Waals surface area contributed by atoms with E-state index in [0.29, 0.717) is 0 Å². The lowest BCUT2D eigenvalue weighted by Gasteiger charge is -2.21. The normalized spacial score (nSPS) is 12.5. The Balaban J connectivity index is 2.55. The number of benzene rings is 2. The second-order valence-corrected chi connectivity index (χ2v) is 6.41. The van der Waals surface area contributed by atoms with Crippen molar-refractivity contribution in [1.82, 2.24) is 5.32 Å². The Labute approximate surface area is 131 Å². The monoisotopic (exact) mass is 381 g/mol.